The molecule has 1 heterocycles. The maximum atomic E-state index is 13.3. The van der Waals surface area contributed by atoms with E-state index in [1.54, 1.807) is 13.0 Å². The first-order chi connectivity index (χ1) is 9.58. The second kappa shape index (κ2) is 5.14. The van der Waals surface area contributed by atoms with E-state index in [4.69, 9.17) is 10.5 Å². The molecule has 2 aliphatic rings. The number of carbonyl (C=O) groups excluding carboxylic acids is 1. The lowest BCUT2D eigenvalue weighted by Gasteiger charge is -2.52. The molecule has 0 bridgehead atoms. The van der Waals surface area contributed by atoms with Crippen molar-refractivity contribution >= 4 is 5.91 Å². The summed E-state index contributed by atoms with van der Waals surface area (Å²) in [6, 6.07) is 3.97. The van der Waals surface area contributed by atoms with E-state index in [0.29, 0.717) is 11.5 Å². The van der Waals surface area contributed by atoms with Crippen molar-refractivity contribution in [2.45, 2.75) is 38.0 Å². The van der Waals surface area contributed by atoms with Gasteiger partial charge in [-0.05, 0) is 37.5 Å². The zero-order valence-corrected chi connectivity index (χ0v) is 11.4. The number of rotatable bonds is 2. The first-order valence-corrected chi connectivity index (χ1v) is 7.02. The van der Waals surface area contributed by atoms with Crippen molar-refractivity contribution in [1.82, 2.24) is 5.32 Å². The SMILES string of the molecule is Cc1ccc(F)cc1C(=O)NC1C(N)C2CCCOC21. The zero-order valence-electron chi connectivity index (χ0n) is 11.4. The van der Waals surface area contributed by atoms with Gasteiger partial charge in [0.15, 0.2) is 0 Å². The Balaban J connectivity index is 1.71. The van der Waals surface area contributed by atoms with Crippen LogP contribution in [0, 0.1) is 18.7 Å². The Morgan fingerprint density at radius 3 is 3.10 bits per heavy atom. The highest BCUT2D eigenvalue weighted by Crippen LogP contribution is 2.37. The topological polar surface area (TPSA) is 64.4 Å². The Labute approximate surface area is 117 Å². The number of ether oxygens (including phenoxy) is 1. The number of amides is 1. The van der Waals surface area contributed by atoms with E-state index in [2.05, 4.69) is 5.32 Å². The van der Waals surface area contributed by atoms with Crippen molar-refractivity contribution < 1.29 is 13.9 Å². The highest BCUT2D eigenvalue weighted by Gasteiger charge is 2.51. The third-order valence-electron chi connectivity index (χ3n) is 4.42. The number of hydrogen-bond acceptors (Lipinski definition) is 3. The van der Waals surface area contributed by atoms with Gasteiger partial charge in [0, 0.05) is 24.1 Å². The molecule has 1 saturated carbocycles. The van der Waals surface area contributed by atoms with Crippen LogP contribution in [-0.2, 0) is 4.74 Å². The van der Waals surface area contributed by atoms with E-state index < -0.39 is 5.82 Å². The number of benzene rings is 1. The van der Waals surface area contributed by atoms with Gasteiger partial charge >= 0.3 is 0 Å². The molecule has 1 aliphatic heterocycles. The predicted octanol–water partition coefficient (Wildman–Crippen LogP) is 1.37. The fourth-order valence-corrected chi connectivity index (χ4v) is 3.19. The highest BCUT2D eigenvalue weighted by atomic mass is 19.1. The molecule has 1 saturated heterocycles. The largest absolute Gasteiger partial charge is 0.376 e. The first kappa shape index (κ1) is 13.5. The molecule has 4 unspecified atom stereocenters. The fourth-order valence-electron chi connectivity index (χ4n) is 3.19. The Morgan fingerprint density at radius 2 is 2.30 bits per heavy atom. The van der Waals surface area contributed by atoms with Gasteiger partial charge in [0.25, 0.3) is 5.91 Å². The minimum atomic E-state index is -0.412. The Morgan fingerprint density at radius 1 is 1.50 bits per heavy atom. The highest BCUT2D eigenvalue weighted by molar-refractivity contribution is 5.96. The van der Waals surface area contributed by atoms with E-state index in [-0.39, 0.29) is 24.1 Å². The molecule has 1 aromatic carbocycles. The van der Waals surface area contributed by atoms with Crippen LogP contribution in [0.4, 0.5) is 4.39 Å². The van der Waals surface area contributed by atoms with Gasteiger partial charge in [-0.25, -0.2) is 4.39 Å². The van der Waals surface area contributed by atoms with Gasteiger partial charge in [-0.15, -0.1) is 0 Å². The molecule has 108 valence electrons. The van der Waals surface area contributed by atoms with E-state index in [0.717, 1.165) is 25.0 Å². The minimum Gasteiger partial charge on any atom is -0.376 e. The van der Waals surface area contributed by atoms with E-state index >= 15 is 0 Å². The van der Waals surface area contributed by atoms with Crippen LogP contribution >= 0.6 is 0 Å². The number of hydrogen-bond donors (Lipinski definition) is 2. The third-order valence-corrected chi connectivity index (χ3v) is 4.42. The summed E-state index contributed by atoms with van der Waals surface area (Å²) in [5.74, 6) is -0.358. The zero-order chi connectivity index (χ0) is 14.3. The molecule has 1 amide bonds. The van der Waals surface area contributed by atoms with Gasteiger partial charge in [0.2, 0.25) is 0 Å². The predicted molar refractivity (Wildman–Crippen MR) is 72.8 cm³/mol. The summed E-state index contributed by atoms with van der Waals surface area (Å²) in [4.78, 5) is 12.3. The van der Waals surface area contributed by atoms with Crippen LogP contribution in [0.15, 0.2) is 18.2 Å². The van der Waals surface area contributed by atoms with E-state index in [1.807, 2.05) is 0 Å². The fraction of sp³-hybridized carbons (Fsp3) is 0.533. The standard InChI is InChI=1S/C15H19FN2O2/c1-8-4-5-9(16)7-11(8)15(19)18-13-12(17)10-3-2-6-20-14(10)13/h4-5,7,10,12-14H,2-3,6,17H2,1H3,(H,18,19). The van der Waals surface area contributed by atoms with Gasteiger partial charge < -0.3 is 15.8 Å². The lowest BCUT2D eigenvalue weighted by Crippen LogP contribution is -2.72. The summed E-state index contributed by atoms with van der Waals surface area (Å²) < 4.78 is 18.9. The molecule has 3 rings (SSSR count). The number of carbonyl (C=O) groups is 1. The quantitative estimate of drug-likeness (QED) is 0.858. The minimum absolute atomic E-state index is 0.0107. The summed E-state index contributed by atoms with van der Waals surface area (Å²) in [7, 11) is 0. The van der Waals surface area contributed by atoms with Gasteiger partial charge in [-0.2, -0.15) is 0 Å². The second-order valence-corrected chi connectivity index (χ2v) is 5.68. The third kappa shape index (κ3) is 2.21. The molecular formula is C15H19FN2O2. The molecule has 2 fully saturated rings. The van der Waals surface area contributed by atoms with Crippen LogP contribution in [0.3, 0.4) is 0 Å². The van der Waals surface area contributed by atoms with Gasteiger partial charge in [0.05, 0.1) is 12.1 Å². The maximum Gasteiger partial charge on any atom is 0.252 e. The van der Waals surface area contributed by atoms with Crippen LogP contribution in [0.5, 0.6) is 0 Å². The molecule has 4 nitrogen and oxygen atoms in total. The van der Waals surface area contributed by atoms with Gasteiger partial charge in [0.1, 0.15) is 5.82 Å². The Kier molecular flexibility index (Phi) is 3.48. The van der Waals surface area contributed by atoms with Gasteiger partial charge in [-0.1, -0.05) is 6.07 Å². The normalized spacial score (nSPS) is 32.1. The number of nitrogens with one attached hydrogen (secondary N) is 1. The number of nitrogens with two attached hydrogens (primary N) is 1. The summed E-state index contributed by atoms with van der Waals surface area (Å²) in [5.41, 5.74) is 7.21. The molecular weight excluding hydrogens is 259 g/mol. The molecule has 3 N–H and O–H groups in total. The monoisotopic (exact) mass is 278 g/mol. The molecule has 4 atom stereocenters. The molecule has 0 aromatic heterocycles. The van der Waals surface area contributed by atoms with Gasteiger partial charge in [-0.3, -0.25) is 4.79 Å². The van der Waals surface area contributed by atoms with E-state index in [1.165, 1.54) is 12.1 Å². The summed E-state index contributed by atoms with van der Waals surface area (Å²) in [6.45, 7) is 2.51. The second-order valence-electron chi connectivity index (χ2n) is 5.68. The van der Waals surface area contributed by atoms with Crippen molar-refractivity contribution in [2.75, 3.05) is 6.61 Å². The van der Waals surface area contributed by atoms with Crippen molar-refractivity contribution in [3.8, 4) is 0 Å². The van der Waals surface area contributed by atoms with Crippen molar-refractivity contribution in [1.29, 1.82) is 0 Å². The van der Waals surface area contributed by atoms with Crippen LogP contribution < -0.4 is 11.1 Å². The first-order valence-electron chi connectivity index (χ1n) is 7.02. The molecule has 1 aromatic rings. The van der Waals surface area contributed by atoms with Crippen molar-refractivity contribution in [2.24, 2.45) is 11.7 Å². The average molecular weight is 278 g/mol. The molecule has 1 aliphatic carbocycles. The number of aryl methyl sites for hydroxylation is 1. The number of halogens is 1. The summed E-state index contributed by atoms with van der Waals surface area (Å²) >= 11 is 0. The average Bonchev–Trinajstić information content (AvgIpc) is 2.46. The Hall–Kier alpha value is -1.46. The molecule has 0 spiro atoms. The molecule has 5 heteroatoms. The number of fused-ring (bicyclic) bond motifs is 1. The van der Waals surface area contributed by atoms with Crippen LogP contribution in [0.1, 0.15) is 28.8 Å². The lowest BCUT2D eigenvalue weighted by molar-refractivity contribution is -0.117. The van der Waals surface area contributed by atoms with Crippen LogP contribution in [-0.4, -0.2) is 30.7 Å². The summed E-state index contributed by atoms with van der Waals surface area (Å²) in [5, 5.41) is 2.89. The Bertz CT molecular complexity index is 535. The molecule has 0 radical (unpaired) electrons. The van der Waals surface area contributed by atoms with Crippen molar-refractivity contribution in [3.63, 3.8) is 0 Å². The summed E-state index contributed by atoms with van der Waals surface area (Å²) in [6.07, 6.45) is 2.09. The molecule has 20 heavy (non-hydrogen) atoms. The lowest BCUT2D eigenvalue weighted by atomic mass is 9.68. The van der Waals surface area contributed by atoms with Crippen LogP contribution in [0.2, 0.25) is 0 Å². The van der Waals surface area contributed by atoms with Crippen molar-refractivity contribution in [3.05, 3.63) is 35.1 Å². The smallest absolute Gasteiger partial charge is 0.252 e. The van der Waals surface area contributed by atoms with E-state index in [9.17, 15) is 9.18 Å². The van der Waals surface area contributed by atoms with Crippen LogP contribution in [0.25, 0.3) is 0 Å². The maximum absolute atomic E-state index is 13.3.